The third kappa shape index (κ3) is 3.76. The molecule has 0 saturated carbocycles. The van der Waals surface area contributed by atoms with Gasteiger partial charge in [0, 0.05) is 17.8 Å². The van der Waals surface area contributed by atoms with Crippen molar-refractivity contribution in [2.24, 2.45) is 0 Å². The van der Waals surface area contributed by atoms with Gasteiger partial charge in [-0.1, -0.05) is 30.7 Å². The molecule has 1 unspecified atom stereocenters. The van der Waals surface area contributed by atoms with Gasteiger partial charge in [-0.15, -0.1) is 0 Å². The van der Waals surface area contributed by atoms with Crippen LogP contribution in [0.15, 0.2) is 30.5 Å². The summed E-state index contributed by atoms with van der Waals surface area (Å²) in [5, 5.41) is 13.9. The summed E-state index contributed by atoms with van der Waals surface area (Å²) in [6.07, 6.45) is 2.37. The van der Waals surface area contributed by atoms with E-state index in [-0.39, 0.29) is 18.3 Å². The Morgan fingerprint density at radius 3 is 2.62 bits per heavy atom. The van der Waals surface area contributed by atoms with Crippen molar-refractivity contribution in [2.75, 3.05) is 6.54 Å². The zero-order valence-corrected chi connectivity index (χ0v) is 14.6. The van der Waals surface area contributed by atoms with Gasteiger partial charge in [0.15, 0.2) is 5.69 Å². The van der Waals surface area contributed by atoms with Crippen molar-refractivity contribution in [1.82, 2.24) is 14.7 Å². The van der Waals surface area contributed by atoms with Crippen molar-refractivity contribution in [2.45, 2.75) is 33.2 Å². The van der Waals surface area contributed by atoms with Crippen molar-refractivity contribution >= 4 is 23.5 Å². The van der Waals surface area contributed by atoms with Crippen molar-refractivity contribution in [3.8, 4) is 5.69 Å². The Balaban J connectivity index is 2.39. The van der Waals surface area contributed by atoms with Gasteiger partial charge in [-0.05, 0) is 32.4 Å². The zero-order chi connectivity index (χ0) is 17.9. The summed E-state index contributed by atoms with van der Waals surface area (Å²) in [4.78, 5) is 25.2. The van der Waals surface area contributed by atoms with E-state index < -0.39 is 11.9 Å². The Hall–Kier alpha value is -2.34. The number of para-hydroxylation sites is 1. The highest BCUT2D eigenvalue weighted by molar-refractivity contribution is 6.32. The standard InChI is InChI=1S/C17H20ClN3O3/c1-4-12(3)20(10-15(22)23)17(24)16-11(2)9-21(19-16)14-8-6-5-7-13(14)18/h5-9,12H,4,10H2,1-3H3,(H,22,23). The summed E-state index contributed by atoms with van der Waals surface area (Å²) < 4.78 is 1.54. The molecule has 0 fully saturated rings. The lowest BCUT2D eigenvalue weighted by Crippen LogP contribution is -2.42. The quantitative estimate of drug-likeness (QED) is 0.869. The highest BCUT2D eigenvalue weighted by Gasteiger charge is 2.26. The van der Waals surface area contributed by atoms with Gasteiger partial charge in [0.2, 0.25) is 0 Å². The van der Waals surface area contributed by atoms with E-state index in [1.807, 2.05) is 26.0 Å². The summed E-state index contributed by atoms with van der Waals surface area (Å²) >= 11 is 6.17. The number of aliphatic carboxylic acids is 1. The Labute approximate surface area is 145 Å². The molecule has 2 rings (SSSR count). The highest BCUT2D eigenvalue weighted by atomic mass is 35.5. The SMILES string of the molecule is CCC(C)N(CC(=O)O)C(=O)c1nn(-c2ccccc2Cl)cc1C. The van der Waals surface area contributed by atoms with Crippen LogP contribution < -0.4 is 0 Å². The summed E-state index contributed by atoms with van der Waals surface area (Å²) in [5.74, 6) is -1.44. The molecule has 1 atom stereocenters. The molecular weight excluding hydrogens is 330 g/mol. The summed E-state index contributed by atoms with van der Waals surface area (Å²) in [6.45, 7) is 5.14. The molecule has 0 saturated heterocycles. The Bertz CT molecular complexity index is 757. The number of nitrogens with zero attached hydrogens (tertiary/aromatic N) is 3. The number of amides is 1. The minimum Gasteiger partial charge on any atom is -0.480 e. The fraction of sp³-hybridized carbons (Fsp3) is 0.353. The van der Waals surface area contributed by atoms with E-state index in [4.69, 9.17) is 16.7 Å². The first-order valence-corrected chi connectivity index (χ1v) is 8.06. The Morgan fingerprint density at radius 2 is 2.04 bits per heavy atom. The Kier molecular flexibility index (Phi) is 5.62. The van der Waals surface area contributed by atoms with Gasteiger partial charge in [-0.3, -0.25) is 9.59 Å². The highest BCUT2D eigenvalue weighted by Crippen LogP contribution is 2.21. The van der Waals surface area contributed by atoms with Crippen molar-refractivity contribution in [3.05, 3.63) is 46.7 Å². The van der Waals surface area contributed by atoms with E-state index in [9.17, 15) is 9.59 Å². The predicted octanol–water partition coefficient (Wildman–Crippen LogP) is 3.16. The number of carboxylic acids is 1. The maximum absolute atomic E-state index is 12.8. The first-order valence-electron chi connectivity index (χ1n) is 7.69. The van der Waals surface area contributed by atoms with Gasteiger partial charge >= 0.3 is 5.97 Å². The lowest BCUT2D eigenvalue weighted by molar-refractivity contribution is -0.138. The smallest absolute Gasteiger partial charge is 0.323 e. The van der Waals surface area contributed by atoms with Gasteiger partial charge in [0.05, 0.1) is 10.7 Å². The lowest BCUT2D eigenvalue weighted by atomic mass is 10.1. The van der Waals surface area contributed by atoms with E-state index in [1.165, 1.54) is 4.90 Å². The molecule has 0 aliphatic carbocycles. The number of aromatic nitrogens is 2. The molecule has 7 heteroatoms. The van der Waals surface area contributed by atoms with Crippen molar-refractivity contribution < 1.29 is 14.7 Å². The molecular formula is C17H20ClN3O3. The molecule has 24 heavy (non-hydrogen) atoms. The fourth-order valence-electron chi connectivity index (χ4n) is 2.36. The number of aryl methyl sites for hydroxylation is 1. The predicted molar refractivity (Wildman–Crippen MR) is 91.7 cm³/mol. The fourth-order valence-corrected chi connectivity index (χ4v) is 2.58. The molecule has 1 heterocycles. The van der Waals surface area contributed by atoms with Crippen LogP contribution in [0.3, 0.4) is 0 Å². The molecule has 1 N–H and O–H groups in total. The number of hydrogen-bond acceptors (Lipinski definition) is 3. The van der Waals surface area contributed by atoms with Crippen LogP contribution in [-0.4, -0.2) is 44.3 Å². The second kappa shape index (κ2) is 7.49. The third-order valence-corrected chi connectivity index (χ3v) is 4.21. The second-order valence-electron chi connectivity index (χ2n) is 5.64. The molecule has 1 aromatic heterocycles. The summed E-state index contributed by atoms with van der Waals surface area (Å²) in [7, 11) is 0. The molecule has 128 valence electrons. The normalized spacial score (nSPS) is 12.0. The van der Waals surface area contributed by atoms with Gasteiger partial charge in [-0.2, -0.15) is 5.10 Å². The number of rotatable bonds is 6. The number of carbonyl (C=O) groups is 2. The van der Waals surface area contributed by atoms with Crippen LogP contribution in [0, 0.1) is 6.92 Å². The molecule has 6 nitrogen and oxygen atoms in total. The maximum Gasteiger partial charge on any atom is 0.323 e. The number of hydrogen-bond donors (Lipinski definition) is 1. The number of carbonyl (C=O) groups excluding carboxylic acids is 1. The van der Waals surface area contributed by atoms with Crippen LogP contribution in [0.2, 0.25) is 5.02 Å². The first kappa shape index (κ1) is 18.0. The minimum absolute atomic E-state index is 0.196. The monoisotopic (exact) mass is 349 g/mol. The number of benzene rings is 1. The third-order valence-electron chi connectivity index (χ3n) is 3.89. The van der Waals surface area contributed by atoms with E-state index in [0.717, 1.165) is 0 Å². The molecule has 0 spiro atoms. The van der Waals surface area contributed by atoms with E-state index in [1.54, 1.807) is 29.9 Å². The summed E-state index contributed by atoms with van der Waals surface area (Å²) in [5.41, 5.74) is 1.56. The number of carboxylic acid groups (broad SMARTS) is 1. The molecule has 2 aromatic rings. The average molecular weight is 350 g/mol. The van der Waals surface area contributed by atoms with Gasteiger partial charge in [0.25, 0.3) is 5.91 Å². The molecule has 0 aliphatic heterocycles. The van der Waals surface area contributed by atoms with E-state index in [2.05, 4.69) is 5.10 Å². The minimum atomic E-state index is -1.05. The topological polar surface area (TPSA) is 75.4 Å². The molecule has 0 aliphatic rings. The second-order valence-corrected chi connectivity index (χ2v) is 6.05. The maximum atomic E-state index is 12.8. The molecule has 0 radical (unpaired) electrons. The average Bonchev–Trinajstić information content (AvgIpc) is 2.93. The van der Waals surface area contributed by atoms with Crippen LogP contribution in [0.1, 0.15) is 36.3 Å². The van der Waals surface area contributed by atoms with Crippen molar-refractivity contribution in [1.29, 1.82) is 0 Å². The Morgan fingerprint density at radius 1 is 1.38 bits per heavy atom. The van der Waals surface area contributed by atoms with E-state index in [0.29, 0.717) is 22.7 Å². The van der Waals surface area contributed by atoms with Gasteiger partial charge < -0.3 is 10.0 Å². The van der Waals surface area contributed by atoms with Crippen LogP contribution >= 0.6 is 11.6 Å². The van der Waals surface area contributed by atoms with Gasteiger partial charge in [0.1, 0.15) is 6.54 Å². The first-order chi connectivity index (χ1) is 11.3. The zero-order valence-electron chi connectivity index (χ0n) is 13.9. The molecule has 1 amide bonds. The van der Waals surface area contributed by atoms with Gasteiger partial charge in [-0.25, -0.2) is 4.68 Å². The van der Waals surface area contributed by atoms with Crippen LogP contribution in [0.4, 0.5) is 0 Å². The van der Waals surface area contributed by atoms with E-state index >= 15 is 0 Å². The molecule has 1 aromatic carbocycles. The summed E-state index contributed by atoms with van der Waals surface area (Å²) in [6, 6.07) is 6.98. The molecule has 0 bridgehead atoms. The van der Waals surface area contributed by atoms with Crippen LogP contribution in [-0.2, 0) is 4.79 Å². The van der Waals surface area contributed by atoms with Crippen LogP contribution in [0.25, 0.3) is 5.69 Å². The lowest BCUT2D eigenvalue weighted by Gasteiger charge is -2.26. The largest absolute Gasteiger partial charge is 0.480 e. The van der Waals surface area contributed by atoms with Crippen LogP contribution in [0.5, 0.6) is 0 Å². The number of halogens is 1. The van der Waals surface area contributed by atoms with Crippen molar-refractivity contribution in [3.63, 3.8) is 0 Å².